The first kappa shape index (κ1) is 14.8. The molecule has 19 heavy (non-hydrogen) atoms. The maximum atomic E-state index is 11.4. The van der Waals surface area contributed by atoms with E-state index in [9.17, 15) is 4.79 Å². The number of carbonyl (C=O) groups is 1. The number of carbonyl (C=O) groups excluding carboxylic acids is 1. The minimum Gasteiger partial charge on any atom is -0.444 e. The van der Waals surface area contributed by atoms with Crippen molar-refractivity contribution < 1.29 is 9.53 Å². The molecule has 6 heteroatoms. The summed E-state index contributed by atoms with van der Waals surface area (Å²) in [4.78, 5) is 19.2. The monoisotopic (exact) mass is 262 g/mol. The first-order valence-corrected chi connectivity index (χ1v) is 5.90. The second-order valence-corrected chi connectivity index (χ2v) is 4.79. The number of aromatic nitrogens is 2. The van der Waals surface area contributed by atoms with Gasteiger partial charge < -0.3 is 15.4 Å². The molecule has 1 heterocycles. The number of anilines is 1. The molecule has 0 spiro atoms. The highest BCUT2D eigenvalue weighted by Gasteiger charge is 2.15. The Bertz CT molecular complexity index is 474. The molecule has 1 aromatic rings. The molecule has 6 nitrogen and oxygen atoms in total. The van der Waals surface area contributed by atoms with Gasteiger partial charge in [-0.25, -0.2) is 14.8 Å². The van der Waals surface area contributed by atoms with Gasteiger partial charge in [0, 0.05) is 19.2 Å². The summed E-state index contributed by atoms with van der Waals surface area (Å²) in [5.74, 6) is 3.04. The number of alkyl carbamates (subject to hydrolysis) is 1. The standard InChI is InChI=1S/C13H18N4O2/c1-5-10-8-11(17-9-16-10)14-6-7-15-12(18)19-13(2,3)4/h1,8-9H,6-7H2,2-4H3,(H,15,18)(H,14,16,17). The normalized spacial score (nSPS) is 10.4. The van der Waals surface area contributed by atoms with Crippen LogP contribution >= 0.6 is 0 Å². The molecule has 0 aliphatic carbocycles. The van der Waals surface area contributed by atoms with Gasteiger partial charge in [-0.05, 0) is 20.8 Å². The van der Waals surface area contributed by atoms with Gasteiger partial charge in [0.2, 0.25) is 0 Å². The fourth-order valence-electron chi connectivity index (χ4n) is 1.20. The summed E-state index contributed by atoms with van der Waals surface area (Å²) < 4.78 is 5.10. The lowest BCUT2D eigenvalue weighted by atomic mass is 10.2. The molecule has 0 saturated heterocycles. The number of nitrogens with zero attached hydrogens (tertiary/aromatic N) is 2. The van der Waals surface area contributed by atoms with Crippen LogP contribution < -0.4 is 10.6 Å². The number of rotatable bonds is 4. The zero-order valence-corrected chi connectivity index (χ0v) is 11.4. The van der Waals surface area contributed by atoms with Crippen molar-refractivity contribution in [3.8, 4) is 12.3 Å². The van der Waals surface area contributed by atoms with Crippen molar-refractivity contribution >= 4 is 11.9 Å². The molecule has 0 aromatic carbocycles. The summed E-state index contributed by atoms with van der Waals surface area (Å²) in [7, 11) is 0. The number of hydrogen-bond donors (Lipinski definition) is 2. The van der Waals surface area contributed by atoms with Gasteiger partial charge in [0.15, 0.2) is 0 Å². The largest absolute Gasteiger partial charge is 0.444 e. The fraction of sp³-hybridized carbons (Fsp3) is 0.462. The third-order valence-corrected chi connectivity index (χ3v) is 1.91. The van der Waals surface area contributed by atoms with Crippen molar-refractivity contribution in [1.29, 1.82) is 0 Å². The summed E-state index contributed by atoms with van der Waals surface area (Å²) in [6.45, 7) is 6.37. The third-order valence-electron chi connectivity index (χ3n) is 1.91. The quantitative estimate of drug-likeness (QED) is 0.633. The Balaban J connectivity index is 2.28. The molecule has 0 radical (unpaired) electrons. The lowest BCUT2D eigenvalue weighted by Gasteiger charge is -2.19. The smallest absolute Gasteiger partial charge is 0.407 e. The van der Waals surface area contributed by atoms with E-state index >= 15 is 0 Å². The number of nitrogens with one attached hydrogen (secondary N) is 2. The average molecular weight is 262 g/mol. The first-order valence-electron chi connectivity index (χ1n) is 5.90. The number of hydrogen-bond acceptors (Lipinski definition) is 5. The summed E-state index contributed by atoms with van der Waals surface area (Å²) in [5.41, 5.74) is 0.0175. The fourth-order valence-corrected chi connectivity index (χ4v) is 1.20. The van der Waals surface area contributed by atoms with Crippen molar-refractivity contribution in [3.05, 3.63) is 18.1 Å². The molecule has 1 rings (SSSR count). The maximum absolute atomic E-state index is 11.4. The van der Waals surface area contributed by atoms with E-state index < -0.39 is 11.7 Å². The van der Waals surface area contributed by atoms with Crippen LogP contribution in [0.25, 0.3) is 0 Å². The summed E-state index contributed by atoms with van der Waals surface area (Å²) in [5, 5.41) is 5.65. The van der Waals surface area contributed by atoms with Gasteiger partial charge in [-0.1, -0.05) is 5.92 Å². The van der Waals surface area contributed by atoms with Crippen LogP contribution in [0.15, 0.2) is 12.4 Å². The highest BCUT2D eigenvalue weighted by atomic mass is 16.6. The van der Waals surface area contributed by atoms with Crippen LogP contribution in [0.3, 0.4) is 0 Å². The lowest BCUT2D eigenvalue weighted by Crippen LogP contribution is -2.35. The van der Waals surface area contributed by atoms with E-state index in [4.69, 9.17) is 11.2 Å². The topological polar surface area (TPSA) is 76.1 Å². The summed E-state index contributed by atoms with van der Waals surface area (Å²) in [6.07, 6.45) is 6.17. The van der Waals surface area contributed by atoms with E-state index in [1.54, 1.807) is 6.07 Å². The van der Waals surface area contributed by atoms with Crippen molar-refractivity contribution in [1.82, 2.24) is 15.3 Å². The Morgan fingerprint density at radius 1 is 1.42 bits per heavy atom. The molecule has 102 valence electrons. The average Bonchev–Trinajstić information content (AvgIpc) is 2.33. The van der Waals surface area contributed by atoms with E-state index in [2.05, 4.69) is 26.5 Å². The van der Waals surface area contributed by atoms with Crippen molar-refractivity contribution in [3.63, 3.8) is 0 Å². The van der Waals surface area contributed by atoms with E-state index in [-0.39, 0.29) is 0 Å². The molecule has 0 saturated carbocycles. The Hall–Kier alpha value is -2.29. The van der Waals surface area contributed by atoms with Gasteiger partial charge in [-0.2, -0.15) is 0 Å². The minimum absolute atomic E-state index is 0.421. The van der Waals surface area contributed by atoms with Crippen LogP contribution in [0.1, 0.15) is 26.5 Å². The summed E-state index contributed by atoms with van der Waals surface area (Å²) in [6, 6.07) is 1.66. The SMILES string of the molecule is C#Cc1cc(NCCNC(=O)OC(C)(C)C)ncn1. The Morgan fingerprint density at radius 3 is 2.79 bits per heavy atom. The van der Waals surface area contributed by atoms with Crippen LogP contribution in [0.5, 0.6) is 0 Å². The Morgan fingerprint density at radius 2 is 2.16 bits per heavy atom. The highest BCUT2D eigenvalue weighted by Crippen LogP contribution is 2.06. The van der Waals surface area contributed by atoms with Crippen molar-refractivity contribution in [2.24, 2.45) is 0 Å². The summed E-state index contributed by atoms with van der Waals surface area (Å²) >= 11 is 0. The molecule has 0 unspecified atom stereocenters. The number of amides is 1. The Kier molecular flexibility index (Phi) is 5.12. The predicted octanol–water partition coefficient (Wildman–Crippen LogP) is 1.39. The van der Waals surface area contributed by atoms with E-state index in [0.717, 1.165) is 0 Å². The van der Waals surface area contributed by atoms with Gasteiger partial charge in [0.05, 0.1) is 0 Å². The van der Waals surface area contributed by atoms with Crippen LogP contribution in [0.4, 0.5) is 10.6 Å². The van der Waals surface area contributed by atoms with Crippen LogP contribution in [-0.4, -0.2) is 34.8 Å². The van der Waals surface area contributed by atoms with Gasteiger partial charge in [-0.15, -0.1) is 6.42 Å². The zero-order valence-electron chi connectivity index (χ0n) is 11.4. The van der Waals surface area contributed by atoms with Gasteiger partial charge >= 0.3 is 6.09 Å². The first-order chi connectivity index (χ1) is 8.90. The number of terminal acetylenes is 1. The van der Waals surface area contributed by atoms with E-state index in [1.807, 2.05) is 20.8 Å². The van der Waals surface area contributed by atoms with E-state index in [0.29, 0.717) is 24.6 Å². The second-order valence-electron chi connectivity index (χ2n) is 4.79. The maximum Gasteiger partial charge on any atom is 0.407 e. The molecule has 1 amide bonds. The molecule has 0 fully saturated rings. The van der Waals surface area contributed by atoms with Crippen LogP contribution in [0, 0.1) is 12.3 Å². The predicted molar refractivity (Wildman–Crippen MR) is 72.7 cm³/mol. The molecule has 0 atom stereocenters. The zero-order chi connectivity index (χ0) is 14.3. The third kappa shape index (κ3) is 6.27. The lowest BCUT2D eigenvalue weighted by molar-refractivity contribution is 0.0530. The van der Waals surface area contributed by atoms with Crippen molar-refractivity contribution in [2.45, 2.75) is 26.4 Å². The van der Waals surface area contributed by atoms with Crippen molar-refractivity contribution in [2.75, 3.05) is 18.4 Å². The van der Waals surface area contributed by atoms with Gasteiger partial charge in [0.25, 0.3) is 0 Å². The van der Waals surface area contributed by atoms with Gasteiger partial charge in [0.1, 0.15) is 23.4 Å². The molecular formula is C13H18N4O2. The molecule has 0 bridgehead atoms. The Labute approximate surface area is 113 Å². The molecule has 1 aromatic heterocycles. The van der Waals surface area contributed by atoms with E-state index in [1.165, 1.54) is 6.33 Å². The van der Waals surface area contributed by atoms with Crippen LogP contribution in [0.2, 0.25) is 0 Å². The van der Waals surface area contributed by atoms with Crippen LogP contribution in [-0.2, 0) is 4.74 Å². The second kappa shape index (κ2) is 6.59. The van der Waals surface area contributed by atoms with Gasteiger partial charge in [-0.3, -0.25) is 0 Å². The molecular weight excluding hydrogens is 244 g/mol. The molecule has 0 aliphatic heterocycles. The molecule has 2 N–H and O–H groups in total. The molecule has 0 aliphatic rings. The highest BCUT2D eigenvalue weighted by molar-refractivity contribution is 5.67. The number of ether oxygens (including phenoxy) is 1. The minimum atomic E-state index is -0.494.